The molecule has 0 amide bonds. The normalized spacial score (nSPS) is 22.0. The number of likely N-dealkylation sites (N-methyl/N-ethyl adjacent to an activating group) is 1. The highest BCUT2D eigenvalue weighted by Crippen LogP contribution is 2.37. The fourth-order valence-corrected chi connectivity index (χ4v) is 6.11. The van der Waals surface area contributed by atoms with Crippen LogP contribution >= 0.6 is 0 Å². The Bertz CT molecular complexity index is 1020. The van der Waals surface area contributed by atoms with Crippen molar-refractivity contribution in [3.05, 3.63) is 48.0 Å². The van der Waals surface area contributed by atoms with Crippen molar-refractivity contribution in [2.45, 2.75) is 51.2 Å². The average molecular weight is 461 g/mol. The van der Waals surface area contributed by atoms with Crippen molar-refractivity contribution < 1.29 is 18.3 Å². The number of hydrogen-bond donors (Lipinski definition) is 1. The molecule has 0 spiro atoms. The van der Waals surface area contributed by atoms with E-state index in [-0.39, 0.29) is 23.5 Å². The van der Waals surface area contributed by atoms with Gasteiger partial charge in [0.15, 0.2) is 0 Å². The summed E-state index contributed by atoms with van der Waals surface area (Å²) in [6.07, 6.45) is 0.856. The van der Waals surface area contributed by atoms with Gasteiger partial charge in [0, 0.05) is 25.0 Å². The molecule has 1 N–H and O–H groups in total. The van der Waals surface area contributed by atoms with Crippen molar-refractivity contribution in [3.63, 3.8) is 0 Å². The summed E-state index contributed by atoms with van der Waals surface area (Å²) in [5.41, 5.74) is 3.09. The van der Waals surface area contributed by atoms with E-state index in [0.717, 1.165) is 29.7 Å². The predicted molar refractivity (Wildman–Crippen MR) is 128 cm³/mol. The first-order valence-electron chi connectivity index (χ1n) is 11.4. The molecule has 1 aliphatic rings. The second-order valence-corrected chi connectivity index (χ2v) is 10.8. The minimum atomic E-state index is -3.82. The van der Waals surface area contributed by atoms with Crippen molar-refractivity contribution in [1.29, 1.82) is 0 Å². The number of aryl methyl sites for hydroxylation is 1. The first-order valence-corrected chi connectivity index (χ1v) is 12.8. The van der Waals surface area contributed by atoms with E-state index < -0.39 is 16.1 Å². The van der Waals surface area contributed by atoms with E-state index in [1.54, 1.807) is 13.0 Å². The molecule has 0 unspecified atom stereocenters. The highest BCUT2D eigenvalue weighted by atomic mass is 32.2. The Hall–Kier alpha value is -1.93. The highest BCUT2D eigenvalue weighted by molar-refractivity contribution is 7.89. The first kappa shape index (κ1) is 24.7. The monoisotopic (exact) mass is 460 g/mol. The Morgan fingerprint density at radius 1 is 1.25 bits per heavy atom. The van der Waals surface area contributed by atoms with Crippen molar-refractivity contribution in [2.24, 2.45) is 5.92 Å². The number of nitrogens with zero attached hydrogens (tertiary/aromatic N) is 2. The van der Waals surface area contributed by atoms with E-state index in [1.807, 2.05) is 50.2 Å². The molecule has 0 bridgehead atoms. The molecule has 7 heteroatoms. The van der Waals surface area contributed by atoms with Crippen LogP contribution in [0, 0.1) is 12.8 Å². The van der Waals surface area contributed by atoms with Crippen LogP contribution in [0.4, 0.5) is 0 Å². The molecule has 0 fully saturated rings. The van der Waals surface area contributed by atoms with Crippen LogP contribution in [0.2, 0.25) is 0 Å². The number of fused-ring (bicyclic) bond motifs is 1. The summed E-state index contributed by atoms with van der Waals surface area (Å²) in [4.78, 5) is 2.38. The largest absolute Gasteiger partial charge is 0.487 e. The van der Waals surface area contributed by atoms with Gasteiger partial charge in [-0.2, -0.15) is 4.31 Å². The van der Waals surface area contributed by atoms with E-state index in [9.17, 15) is 13.5 Å². The van der Waals surface area contributed by atoms with Crippen molar-refractivity contribution in [3.8, 4) is 16.9 Å². The fourth-order valence-electron chi connectivity index (χ4n) is 4.29. The summed E-state index contributed by atoms with van der Waals surface area (Å²) in [5, 5.41) is 9.77. The molecule has 0 radical (unpaired) electrons. The standard InChI is InChI=1S/C25H36N2O4S/c1-6-13-26(5)16-24-19(3)15-27(20(4)17-28)32(29,30)25-12-11-21(14-23(25)31-24)22-10-8-7-9-18(22)2/h7-12,14,19-20,24,28H,6,13,15-17H2,1-5H3/t19-,20+,24-/m1/s1. The molecule has 1 aliphatic heterocycles. The molecule has 1 heterocycles. The van der Waals surface area contributed by atoms with E-state index in [0.29, 0.717) is 18.8 Å². The summed E-state index contributed by atoms with van der Waals surface area (Å²) in [7, 11) is -1.76. The molecule has 176 valence electrons. The third-order valence-corrected chi connectivity index (χ3v) is 8.24. The van der Waals surface area contributed by atoms with E-state index in [4.69, 9.17) is 4.74 Å². The number of hydrogen-bond acceptors (Lipinski definition) is 5. The van der Waals surface area contributed by atoms with Gasteiger partial charge >= 0.3 is 0 Å². The maximum absolute atomic E-state index is 13.6. The lowest BCUT2D eigenvalue weighted by atomic mass is 10.00. The van der Waals surface area contributed by atoms with Crippen LogP contribution in [0.3, 0.4) is 0 Å². The Kier molecular flexibility index (Phi) is 7.98. The minimum absolute atomic E-state index is 0.0478. The van der Waals surface area contributed by atoms with Gasteiger partial charge in [-0.1, -0.05) is 44.2 Å². The molecular weight excluding hydrogens is 424 g/mol. The highest BCUT2D eigenvalue weighted by Gasteiger charge is 2.38. The number of rotatable bonds is 7. The van der Waals surface area contributed by atoms with Crippen molar-refractivity contribution >= 4 is 10.0 Å². The van der Waals surface area contributed by atoms with E-state index >= 15 is 0 Å². The molecule has 0 saturated heterocycles. The van der Waals surface area contributed by atoms with Crippen LogP contribution in [-0.4, -0.2) is 68.2 Å². The van der Waals surface area contributed by atoms with Crippen molar-refractivity contribution in [1.82, 2.24) is 9.21 Å². The van der Waals surface area contributed by atoms with Gasteiger partial charge in [-0.3, -0.25) is 0 Å². The second-order valence-electron chi connectivity index (χ2n) is 8.98. The Labute approximate surface area is 192 Å². The number of benzene rings is 2. The summed E-state index contributed by atoms with van der Waals surface area (Å²) < 4.78 is 35.1. The fraction of sp³-hybridized carbons (Fsp3) is 0.520. The lowest BCUT2D eigenvalue weighted by molar-refractivity contribution is 0.0753. The van der Waals surface area contributed by atoms with Crippen LogP contribution in [0.1, 0.15) is 32.8 Å². The topological polar surface area (TPSA) is 70.1 Å². The van der Waals surface area contributed by atoms with E-state index in [1.165, 1.54) is 4.31 Å². The average Bonchev–Trinajstić information content (AvgIpc) is 2.76. The predicted octanol–water partition coefficient (Wildman–Crippen LogP) is 3.77. The van der Waals surface area contributed by atoms with Crippen LogP contribution in [0.25, 0.3) is 11.1 Å². The van der Waals surface area contributed by atoms with Gasteiger partial charge in [-0.15, -0.1) is 0 Å². The number of ether oxygens (including phenoxy) is 1. The lowest BCUT2D eigenvalue weighted by Crippen LogP contribution is -2.49. The summed E-state index contributed by atoms with van der Waals surface area (Å²) in [6.45, 7) is 9.65. The molecule has 0 aromatic heterocycles. The van der Waals surface area contributed by atoms with Crippen LogP contribution in [-0.2, 0) is 10.0 Å². The third kappa shape index (κ3) is 5.17. The third-order valence-electron chi connectivity index (χ3n) is 6.22. The molecule has 6 nitrogen and oxygen atoms in total. The zero-order chi connectivity index (χ0) is 23.5. The summed E-state index contributed by atoms with van der Waals surface area (Å²) in [6, 6.07) is 12.9. The SMILES string of the molecule is CCCN(C)C[C@H]1Oc2cc(-c3ccccc3C)ccc2S(=O)(=O)N([C@@H](C)CO)C[C@H]1C. The molecule has 0 aliphatic carbocycles. The minimum Gasteiger partial charge on any atom is -0.487 e. The molecule has 0 saturated carbocycles. The maximum atomic E-state index is 13.6. The Morgan fingerprint density at radius 2 is 1.97 bits per heavy atom. The summed E-state index contributed by atoms with van der Waals surface area (Å²) in [5.74, 6) is 0.329. The zero-order valence-electron chi connectivity index (χ0n) is 19.8. The van der Waals surface area contributed by atoms with Crippen LogP contribution in [0.5, 0.6) is 5.75 Å². The van der Waals surface area contributed by atoms with Gasteiger partial charge < -0.3 is 14.7 Å². The maximum Gasteiger partial charge on any atom is 0.247 e. The number of aliphatic hydroxyl groups is 1. The zero-order valence-corrected chi connectivity index (χ0v) is 20.6. The van der Waals surface area contributed by atoms with Crippen LogP contribution in [0.15, 0.2) is 47.4 Å². The molecular formula is C25H36N2O4S. The second kappa shape index (κ2) is 10.3. The smallest absolute Gasteiger partial charge is 0.247 e. The van der Waals surface area contributed by atoms with E-state index in [2.05, 4.69) is 18.9 Å². The molecule has 3 atom stereocenters. The quantitative estimate of drug-likeness (QED) is 0.681. The van der Waals surface area contributed by atoms with Gasteiger partial charge in [-0.25, -0.2) is 8.42 Å². The van der Waals surface area contributed by atoms with Crippen LogP contribution < -0.4 is 4.74 Å². The van der Waals surface area contributed by atoms with Gasteiger partial charge in [0.1, 0.15) is 16.7 Å². The number of sulfonamides is 1. The Morgan fingerprint density at radius 3 is 2.62 bits per heavy atom. The molecule has 2 aromatic carbocycles. The molecule has 32 heavy (non-hydrogen) atoms. The molecule has 2 aromatic rings. The van der Waals surface area contributed by atoms with Gasteiger partial charge in [-0.05, 0) is 62.7 Å². The van der Waals surface area contributed by atoms with Gasteiger partial charge in [0.25, 0.3) is 0 Å². The first-order chi connectivity index (χ1) is 15.2. The van der Waals surface area contributed by atoms with Gasteiger partial charge in [0.2, 0.25) is 10.0 Å². The van der Waals surface area contributed by atoms with Gasteiger partial charge in [0.05, 0.1) is 6.61 Å². The number of aliphatic hydroxyl groups excluding tert-OH is 1. The molecule has 3 rings (SSSR count). The summed E-state index contributed by atoms with van der Waals surface area (Å²) >= 11 is 0. The van der Waals surface area contributed by atoms with Crippen molar-refractivity contribution in [2.75, 3.05) is 33.3 Å². The Balaban J connectivity index is 2.13. The lowest BCUT2D eigenvalue weighted by Gasteiger charge is -2.37.